The van der Waals surface area contributed by atoms with Crippen molar-refractivity contribution in [1.29, 1.82) is 0 Å². The molecule has 0 aromatic heterocycles. The van der Waals surface area contributed by atoms with Crippen LogP contribution >= 0.6 is 0 Å². The van der Waals surface area contributed by atoms with Crippen LogP contribution in [0, 0.1) is 0 Å². The molecule has 1 unspecified atom stereocenters. The minimum Gasteiger partial charge on any atom is -0.326 e. The number of halogens is 3. The van der Waals surface area contributed by atoms with Crippen LogP contribution in [0.1, 0.15) is 44.2 Å². The first-order chi connectivity index (χ1) is 7.59. The molecule has 96 valence electrons. The van der Waals surface area contributed by atoms with Gasteiger partial charge in [0.2, 0.25) is 0 Å². The van der Waals surface area contributed by atoms with Crippen molar-refractivity contribution in [3.8, 4) is 0 Å². The van der Waals surface area contributed by atoms with Crippen LogP contribution in [0.3, 0.4) is 0 Å². The van der Waals surface area contributed by atoms with E-state index < -0.39 is 11.7 Å². The van der Waals surface area contributed by atoms with E-state index in [0.717, 1.165) is 24.1 Å². The van der Waals surface area contributed by atoms with Crippen molar-refractivity contribution in [3.63, 3.8) is 0 Å². The van der Waals surface area contributed by atoms with E-state index in [2.05, 4.69) is 0 Å². The monoisotopic (exact) mass is 245 g/mol. The van der Waals surface area contributed by atoms with Crippen LogP contribution in [-0.4, -0.2) is 5.54 Å². The fraction of sp³-hybridized carbons (Fsp3) is 0.538. The highest BCUT2D eigenvalue weighted by Crippen LogP contribution is 2.31. The molecule has 0 heterocycles. The van der Waals surface area contributed by atoms with Crippen molar-refractivity contribution in [1.82, 2.24) is 0 Å². The van der Waals surface area contributed by atoms with Gasteiger partial charge in [0.05, 0.1) is 5.56 Å². The molecule has 1 nitrogen and oxygen atoms in total. The van der Waals surface area contributed by atoms with Crippen LogP contribution in [0.2, 0.25) is 0 Å². The average Bonchev–Trinajstić information content (AvgIpc) is 2.14. The molecule has 1 atom stereocenters. The minimum atomic E-state index is -4.27. The molecule has 0 radical (unpaired) electrons. The lowest BCUT2D eigenvalue weighted by atomic mass is 9.87. The number of hydrogen-bond donors (Lipinski definition) is 1. The van der Waals surface area contributed by atoms with Gasteiger partial charge in [0.25, 0.3) is 0 Å². The molecule has 0 saturated carbocycles. The van der Waals surface area contributed by atoms with E-state index in [4.69, 9.17) is 5.73 Å². The van der Waals surface area contributed by atoms with E-state index >= 15 is 0 Å². The molecule has 2 N–H and O–H groups in total. The summed E-state index contributed by atoms with van der Waals surface area (Å²) in [6, 6.07) is 5.29. The lowest BCUT2D eigenvalue weighted by Crippen LogP contribution is -2.33. The van der Waals surface area contributed by atoms with E-state index in [1.807, 2.05) is 20.8 Å². The molecule has 1 aromatic carbocycles. The Hall–Kier alpha value is -1.03. The molecule has 0 saturated heterocycles. The molecule has 0 aliphatic carbocycles. The zero-order valence-corrected chi connectivity index (χ0v) is 10.3. The van der Waals surface area contributed by atoms with Crippen LogP contribution in [0.5, 0.6) is 0 Å². The summed E-state index contributed by atoms with van der Waals surface area (Å²) in [4.78, 5) is 0. The van der Waals surface area contributed by atoms with Gasteiger partial charge in [0.15, 0.2) is 0 Å². The van der Waals surface area contributed by atoms with Gasteiger partial charge < -0.3 is 5.73 Å². The molecule has 0 spiro atoms. The van der Waals surface area contributed by atoms with E-state index in [9.17, 15) is 13.2 Å². The normalized spacial score (nSPS) is 14.8. The summed E-state index contributed by atoms with van der Waals surface area (Å²) in [7, 11) is 0. The first kappa shape index (κ1) is 14.0. The molecule has 0 amide bonds. The molecular weight excluding hydrogens is 227 g/mol. The maximum atomic E-state index is 12.4. The summed E-state index contributed by atoms with van der Waals surface area (Å²) in [5, 5.41) is 0. The largest absolute Gasteiger partial charge is 0.416 e. The van der Waals surface area contributed by atoms with E-state index in [0.29, 0.717) is 0 Å². The van der Waals surface area contributed by atoms with Gasteiger partial charge in [0, 0.05) is 5.54 Å². The Morgan fingerprint density at radius 1 is 1.12 bits per heavy atom. The summed E-state index contributed by atoms with van der Waals surface area (Å²) in [5.41, 5.74) is 5.85. The second-order valence-electron chi connectivity index (χ2n) is 5.21. The van der Waals surface area contributed by atoms with Crippen molar-refractivity contribution < 1.29 is 13.2 Å². The van der Waals surface area contributed by atoms with Crippen LogP contribution in [0.15, 0.2) is 24.3 Å². The second kappa shape index (κ2) is 4.69. The summed E-state index contributed by atoms with van der Waals surface area (Å²) in [6.07, 6.45) is -3.53. The molecule has 4 heteroatoms. The van der Waals surface area contributed by atoms with E-state index in [1.165, 1.54) is 12.1 Å². The van der Waals surface area contributed by atoms with Crippen molar-refractivity contribution in [2.24, 2.45) is 5.73 Å². The van der Waals surface area contributed by atoms with Crippen LogP contribution in [0.25, 0.3) is 0 Å². The first-order valence-corrected chi connectivity index (χ1v) is 5.55. The maximum absolute atomic E-state index is 12.4. The molecule has 17 heavy (non-hydrogen) atoms. The van der Waals surface area contributed by atoms with Gasteiger partial charge in [-0.1, -0.05) is 19.1 Å². The van der Waals surface area contributed by atoms with Gasteiger partial charge in [-0.05, 0) is 43.9 Å². The smallest absolute Gasteiger partial charge is 0.326 e. The Morgan fingerprint density at radius 2 is 1.59 bits per heavy atom. The van der Waals surface area contributed by atoms with Crippen LogP contribution in [-0.2, 0) is 6.18 Å². The van der Waals surface area contributed by atoms with E-state index in [1.54, 1.807) is 0 Å². The zero-order chi connectivity index (χ0) is 13.3. The summed E-state index contributed by atoms with van der Waals surface area (Å²) < 4.78 is 37.1. The van der Waals surface area contributed by atoms with Gasteiger partial charge in [-0.2, -0.15) is 13.2 Å². The third kappa shape index (κ3) is 4.38. The maximum Gasteiger partial charge on any atom is 0.416 e. The van der Waals surface area contributed by atoms with Gasteiger partial charge in [-0.25, -0.2) is 0 Å². The Labute approximate surface area is 99.8 Å². The SMILES string of the molecule is CC(CC(C)(C)N)c1ccc(C(F)(F)F)cc1. The van der Waals surface area contributed by atoms with Crippen LogP contribution < -0.4 is 5.73 Å². The van der Waals surface area contributed by atoms with Crippen molar-refractivity contribution in [2.45, 2.75) is 44.8 Å². The molecule has 0 bridgehead atoms. The fourth-order valence-electron chi connectivity index (χ4n) is 1.91. The Bertz CT molecular complexity index is 360. The molecule has 1 aromatic rings. The third-order valence-electron chi connectivity index (χ3n) is 2.64. The molecule has 1 rings (SSSR count). The number of alkyl halides is 3. The highest BCUT2D eigenvalue weighted by molar-refractivity contribution is 5.27. The fourth-order valence-corrected chi connectivity index (χ4v) is 1.91. The van der Waals surface area contributed by atoms with E-state index in [-0.39, 0.29) is 11.5 Å². The summed E-state index contributed by atoms with van der Waals surface area (Å²) in [6.45, 7) is 5.79. The highest BCUT2D eigenvalue weighted by Gasteiger charge is 2.30. The third-order valence-corrected chi connectivity index (χ3v) is 2.64. The quantitative estimate of drug-likeness (QED) is 0.857. The average molecular weight is 245 g/mol. The minimum absolute atomic E-state index is 0.150. The van der Waals surface area contributed by atoms with Crippen molar-refractivity contribution in [2.75, 3.05) is 0 Å². The Morgan fingerprint density at radius 3 is 1.94 bits per heavy atom. The van der Waals surface area contributed by atoms with Gasteiger partial charge in [0.1, 0.15) is 0 Å². The predicted octanol–water partition coefficient (Wildman–Crippen LogP) is 3.94. The molecular formula is C13H18F3N. The van der Waals surface area contributed by atoms with Crippen molar-refractivity contribution in [3.05, 3.63) is 35.4 Å². The first-order valence-electron chi connectivity index (χ1n) is 5.55. The standard InChI is InChI=1S/C13H18F3N/c1-9(8-12(2,3)17)10-4-6-11(7-5-10)13(14,15)16/h4-7,9H,8,17H2,1-3H3. The van der Waals surface area contributed by atoms with Gasteiger partial charge >= 0.3 is 6.18 Å². The highest BCUT2D eigenvalue weighted by atomic mass is 19.4. The predicted molar refractivity (Wildman–Crippen MR) is 62.7 cm³/mol. The Kier molecular flexibility index (Phi) is 3.87. The lowest BCUT2D eigenvalue weighted by molar-refractivity contribution is -0.137. The number of rotatable bonds is 3. The second-order valence-corrected chi connectivity index (χ2v) is 5.21. The number of benzene rings is 1. The zero-order valence-electron chi connectivity index (χ0n) is 10.3. The van der Waals surface area contributed by atoms with Gasteiger partial charge in [-0.15, -0.1) is 0 Å². The topological polar surface area (TPSA) is 26.0 Å². The number of hydrogen-bond acceptors (Lipinski definition) is 1. The van der Waals surface area contributed by atoms with Gasteiger partial charge in [-0.3, -0.25) is 0 Å². The summed E-state index contributed by atoms with van der Waals surface area (Å²) >= 11 is 0. The number of nitrogens with two attached hydrogens (primary N) is 1. The molecule has 0 aliphatic rings. The molecule has 0 aliphatic heterocycles. The molecule has 0 fully saturated rings. The Balaban J connectivity index is 2.81. The lowest BCUT2D eigenvalue weighted by Gasteiger charge is -2.23. The van der Waals surface area contributed by atoms with Crippen LogP contribution in [0.4, 0.5) is 13.2 Å². The van der Waals surface area contributed by atoms with Crippen molar-refractivity contribution >= 4 is 0 Å². The summed E-state index contributed by atoms with van der Waals surface area (Å²) in [5.74, 6) is 0.150.